The fourth-order valence-corrected chi connectivity index (χ4v) is 10.8. The molecule has 7 aromatic carbocycles. The van der Waals surface area contributed by atoms with E-state index in [1.807, 2.05) is 30.3 Å². The Morgan fingerprint density at radius 2 is 0.875 bits per heavy atom. The Morgan fingerprint density at radius 1 is 0.429 bits per heavy atom. The zero-order valence-corrected chi connectivity index (χ0v) is 31.2. The van der Waals surface area contributed by atoms with E-state index < -0.39 is 0 Å². The normalized spacial score (nSPS) is 21.0. The number of benzene rings is 7. The van der Waals surface area contributed by atoms with Crippen molar-refractivity contribution in [3.63, 3.8) is 0 Å². The standard InChI is InChI=1S/C52H40N4/c53-32-44-28-43-27-42(20-23-47(43)48-9-5-4-8-46(44)48)38-12-16-40(17-13-38)50-54-49(39-14-10-37(11-15-39)36-6-2-1-3-7-36)55-51(56-50)41-18-21-45(22-19-41)52-29-33-24-34(30-52)26-35(25-33)31-52/h1-23,27-28,33-35H,24-26,29-31H2/t33-,34+,35?,52?. The minimum Gasteiger partial charge on any atom is -0.208 e. The first-order valence-electron chi connectivity index (χ1n) is 20.1. The quantitative estimate of drug-likeness (QED) is 0.160. The summed E-state index contributed by atoms with van der Waals surface area (Å²) in [5.41, 5.74) is 9.98. The number of nitriles is 1. The van der Waals surface area contributed by atoms with Gasteiger partial charge in [-0.1, -0.05) is 140 Å². The Bertz CT molecular complexity index is 2780. The summed E-state index contributed by atoms with van der Waals surface area (Å²) in [4.78, 5) is 15.3. The van der Waals surface area contributed by atoms with Gasteiger partial charge >= 0.3 is 0 Å². The third-order valence-electron chi connectivity index (χ3n) is 13.1. The zero-order valence-electron chi connectivity index (χ0n) is 31.2. The second-order valence-electron chi connectivity index (χ2n) is 16.6. The molecule has 0 radical (unpaired) electrons. The molecule has 4 fully saturated rings. The van der Waals surface area contributed by atoms with Crippen LogP contribution in [0.4, 0.5) is 0 Å². The summed E-state index contributed by atoms with van der Waals surface area (Å²) >= 11 is 0. The van der Waals surface area contributed by atoms with Gasteiger partial charge in [-0.05, 0) is 118 Å². The van der Waals surface area contributed by atoms with Gasteiger partial charge in [-0.15, -0.1) is 0 Å². The first-order valence-corrected chi connectivity index (χ1v) is 20.1. The van der Waals surface area contributed by atoms with Crippen molar-refractivity contribution in [1.29, 1.82) is 5.26 Å². The molecule has 4 saturated carbocycles. The van der Waals surface area contributed by atoms with Crippen molar-refractivity contribution in [2.75, 3.05) is 0 Å². The van der Waals surface area contributed by atoms with Crippen molar-refractivity contribution in [2.45, 2.75) is 43.9 Å². The molecular weight excluding hydrogens is 681 g/mol. The molecule has 0 N–H and O–H groups in total. The molecule has 268 valence electrons. The van der Waals surface area contributed by atoms with Crippen LogP contribution in [-0.4, -0.2) is 15.0 Å². The average Bonchev–Trinajstić information content (AvgIpc) is 3.26. The van der Waals surface area contributed by atoms with Gasteiger partial charge in [-0.25, -0.2) is 15.0 Å². The van der Waals surface area contributed by atoms with Crippen molar-refractivity contribution < 1.29 is 0 Å². The third kappa shape index (κ3) is 5.69. The van der Waals surface area contributed by atoms with Gasteiger partial charge in [-0.2, -0.15) is 5.26 Å². The van der Waals surface area contributed by atoms with Crippen molar-refractivity contribution in [1.82, 2.24) is 15.0 Å². The lowest BCUT2D eigenvalue weighted by Gasteiger charge is -2.57. The average molecular weight is 721 g/mol. The summed E-state index contributed by atoms with van der Waals surface area (Å²) in [5.74, 6) is 4.73. The predicted octanol–water partition coefficient (Wildman–Crippen LogP) is 12.9. The van der Waals surface area contributed by atoms with E-state index in [0.717, 1.165) is 72.7 Å². The zero-order chi connectivity index (χ0) is 37.2. The van der Waals surface area contributed by atoms with E-state index in [1.165, 1.54) is 49.7 Å². The molecule has 0 atom stereocenters. The summed E-state index contributed by atoms with van der Waals surface area (Å²) in [6, 6.07) is 55.8. The van der Waals surface area contributed by atoms with E-state index in [2.05, 4.69) is 127 Å². The van der Waals surface area contributed by atoms with Crippen molar-refractivity contribution in [2.24, 2.45) is 17.8 Å². The number of hydrogen-bond acceptors (Lipinski definition) is 4. The number of nitrogens with zero attached hydrogens (tertiary/aromatic N) is 4. The molecular formula is C52H40N4. The fourth-order valence-electron chi connectivity index (χ4n) is 10.8. The fraction of sp³-hybridized carbons (Fsp3) is 0.192. The molecule has 0 spiro atoms. The summed E-state index contributed by atoms with van der Waals surface area (Å²) in [6.45, 7) is 0. The van der Waals surface area contributed by atoms with E-state index in [-0.39, 0.29) is 0 Å². The van der Waals surface area contributed by atoms with Crippen molar-refractivity contribution in [3.8, 4) is 62.5 Å². The minimum atomic E-state index is 0.349. The van der Waals surface area contributed by atoms with Crippen LogP contribution < -0.4 is 0 Å². The molecule has 56 heavy (non-hydrogen) atoms. The predicted molar refractivity (Wildman–Crippen MR) is 227 cm³/mol. The van der Waals surface area contributed by atoms with Gasteiger partial charge in [0.2, 0.25) is 0 Å². The van der Waals surface area contributed by atoms with E-state index in [0.29, 0.717) is 28.5 Å². The number of hydrogen-bond donors (Lipinski definition) is 0. The Labute approximate surface area is 327 Å². The van der Waals surface area contributed by atoms with Crippen LogP contribution in [0.15, 0.2) is 152 Å². The Kier molecular flexibility index (Phi) is 7.71. The molecule has 4 nitrogen and oxygen atoms in total. The van der Waals surface area contributed by atoms with E-state index >= 15 is 0 Å². The molecule has 4 bridgehead atoms. The molecule has 0 amide bonds. The van der Waals surface area contributed by atoms with E-state index in [4.69, 9.17) is 15.0 Å². The maximum Gasteiger partial charge on any atom is 0.164 e. The van der Waals surface area contributed by atoms with Crippen LogP contribution in [0.3, 0.4) is 0 Å². The van der Waals surface area contributed by atoms with Crippen LogP contribution in [-0.2, 0) is 5.41 Å². The molecule has 0 saturated heterocycles. The highest BCUT2D eigenvalue weighted by atomic mass is 15.0. The minimum absolute atomic E-state index is 0.349. The maximum absolute atomic E-state index is 9.91. The van der Waals surface area contributed by atoms with Crippen LogP contribution in [0.25, 0.3) is 78.0 Å². The Morgan fingerprint density at radius 3 is 1.43 bits per heavy atom. The molecule has 1 aromatic heterocycles. The maximum atomic E-state index is 9.91. The van der Waals surface area contributed by atoms with E-state index in [9.17, 15) is 5.26 Å². The molecule has 12 rings (SSSR count). The number of rotatable bonds is 6. The topological polar surface area (TPSA) is 62.5 Å². The van der Waals surface area contributed by atoms with Crippen molar-refractivity contribution >= 4 is 21.5 Å². The lowest BCUT2D eigenvalue weighted by atomic mass is 9.48. The first-order chi connectivity index (χ1) is 27.6. The lowest BCUT2D eigenvalue weighted by molar-refractivity contribution is -0.00518. The highest BCUT2D eigenvalue weighted by Crippen LogP contribution is 2.60. The Balaban J connectivity index is 0.957. The monoisotopic (exact) mass is 720 g/mol. The van der Waals surface area contributed by atoms with Crippen LogP contribution in [0, 0.1) is 29.1 Å². The van der Waals surface area contributed by atoms with Gasteiger partial charge in [0, 0.05) is 22.1 Å². The van der Waals surface area contributed by atoms with Gasteiger partial charge in [0.25, 0.3) is 0 Å². The molecule has 0 aliphatic heterocycles. The van der Waals surface area contributed by atoms with Crippen molar-refractivity contribution in [3.05, 3.63) is 163 Å². The van der Waals surface area contributed by atoms with Crippen LogP contribution in [0.1, 0.15) is 49.7 Å². The van der Waals surface area contributed by atoms with Crippen LogP contribution in [0.2, 0.25) is 0 Å². The van der Waals surface area contributed by atoms with Crippen LogP contribution in [0.5, 0.6) is 0 Å². The molecule has 1 heterocycles. The van der Waals surface area contributed by atoms with Crippen LogP contribution >= 0.6 is 0 Å². The molecule has 4 aliphatic rings. The van der Waals surface area contributed by atoms with Gasteiger partial charge in [0.1, 0.15) is 0 Å². The second kappa shape index (κ2) is 13.1. The number of fused-ring (bicyclic) bond motifs is 3. The lowest BCUT2D eigenvalue weighted by Crippen LogP contribution is -2.48. The smallest absolute Gasteiger partial charge is 0.164 e. The second-order valence-corrected chi connectivity index (χ2v) is 16.6. The first kappa shape index (κ1) is 32.9. The largest absolute Gasteiger partial charge is 0.208 e. The van der Waals surface area contributed by atoms with Gasteiger partial charge in [-0.3, -0.25) is 0 Å². The highest BCUT2D eigenvalue weighted by Gasteiger charge is 2.51. The molecule has 0 unspecified atom stereocenters. The summed E-state index contributed by atoms with van der Waals surface area (Å²) in [7, 11) is 0. The summed E-state index contributed by atoms with van der Waals surface area (Å²) < 4.78 is 0. The summed E-state index contributed by atoms with van der Waals surface area (Å²) in [6.07, 6.45) is 8.40. The third-order valence-corrected chi connectivity index (χ3v) is 13.1. The number of aromatic nitrogens is 3. The Hall–Kier alpha value is -6.44. The molecule has 4 heteroatoms. The molecule has 4 aliphatic carbocycles. The summed E-state index contributed by atoms with van der Waals surface area (Å²) in [5, 5.41) is 14.2. The van der Waals surface area contributed by atoms with Gasteiger partial charge < -0.3 is 0 Å². The highest BCUT2D eigenvalue weighted by molar-refractivity contribution is 6.10. The molecule has 8 aromatic rings. The van der Waals surface area contributed by atoms with Gasteiger partial charge in [0.15, 0.2) is 17.5 Å². The van der Waals surface area contributed by atoms with E-state index in [1.54, 1.807) is 0 Å². The van der Waals surface area contributed by atoms with Gasteiger partial charge in [0.05, 0.1) is 11.6 Å². The SMILES string of the molecule is N#Cc1cc2cc(-c3ccc(-c4nc(-c5ccc(-c6ccccc6)cc5)nc(-c5ccc(C67CC8C[C@H](C6)C[C@@H](C8)C7)cc5)n4)cc3)ccc2c2ccccc12.